The van der Waals surface area contributed by atoms with E-state index in [0.29, 0.717) is 5.56 Å². The Kier molecular flexibility index (Phi) is 2.95. The Morgan fingerprint density at radius 1 is 1.29 bits per heavy atom. The summed E-state index contributed by atoms with van der Waals surface area (Å²) in [5.41, 5.74) is 7.39. The van der Waals surface area contributed by atoms with E-state index in [1.807, 2.05) is 33.8 Å². The van der Waals surface area contributed by atoms with Gasteiger partial charge in [-0.25, -0.2) is 4.39 Å². The Morgan fingerprint density at radius 2 is 1.86 bits per heavy atom. The number of hydrogen-bond acceptors (Lipinski definition) is 1. The molecule has 1 rings (SSSR count). The molecule has 1 unspecified atom stereocenters. The Hall–Kier alpha value is -0.890. The van der Waals surface area contributed by atoms with Crippen molar-refractivity contribution in [3.63, 3.8) is 0 Å². The molecule has 0 spiro atoms. The van der Waals surface area contributed by atoms with Crippen LogP contribution in [0.25, 0.3) is 0 Å². The third-order valence-electron chi connectivity index (χ3n) is 2.42. The van der Waals surface area contributed by atoms with Crippen molar-refractivity contribution in [3.05, 3.63) is 35.1 Å². The summed E-state index contributed by atoms with van der Waals surface area (Å²) in [6, 6.07) is 4.94. The quantitative estimate of drug-likeness (QED) is 0.731. The van der Waals surface area contributed by atoms with Gasteiger partial charge in [0.2, 0.25) is 0 Å². The zero-order valence-electron chi connectivity index (χ0n) is 9.26. The highest BCUT2D eigenvalue weighted by Gasteiger charge is 2.24. The summed E-state index contributed by atoms with van der Waals surface area (Å²) in [7, 11) is 0. The lowest BCUT2D eigenvalue weighted by atomic mass is 9.83. The molecule has 2 heteroatoms. The fourth-order valence-corrected chi connectivity index (χ4v) is 1.35. The second-order valence-corrected chi connectivity index (χ2v) is 4.87. The van der Waals surface area contributed by atoms with Gasteiger partial charge in [0.15, 0.2) is 0 Å². The van der Waals surface area contributed by atoms with Crippen LogP contribution in [0.4, 0.5) is 4.39 Å². The molecule has 0 radical (unpaired) electrons. The molecule has 1 nitrogen and oxygen atoms in total. The van der Waals surface area contributed by atoms with Gasteiger partial charge in [-0.3, -0.25) is 0 Å². The minimum atomic E-state index is -0.261. The van der Waals surface area contributed by atoms with Crippen LogP contribution < -0.4 is 5.73 Å². The highest BCUT2D eigenvalue weighted by molar-refractivity contribution is 5.26. The Morgan fingerprint density at radius 3 is 2.29 bits per heavy atom. The number of benzene rings is 1. The SMILES string of the molecule is Cc1ccc(C(N)C(C)(C)C)c(F)c1. The summed E-state index contributed by atoms with van der Waals surface area (Å²) in [5, 5.41) is 0. The van der Waals surface area contributed by atoms with Gasteiger partial charge in [0.25, 0.3) is 0 Å². The second kappa shape index (κ2) is 3.70. The van der Waals surface area contributed by atoms with E-state index in [1.165, 1.54) is 6.07 Å². The van der Waals surface area contributed by atoms with Crippen LogP contribution >= 0.6 is 0 Å². The van der Waals surface area contributed by atoms with E-state index in [4.69, 9.17) is 5.73 Å². The van der Waals surface area contributed by atoms with Crippen LogP contribution in [-0.4, -0.2) is 0 Å². The smallest absolute Gasteiger partial charge is 0.128 e. The molecule has 14 heavy (non-hydrogen) atoms. The monoisotopic (exact) mass is 195 g/mol. The molecule has 1 aromatic carbocycles. The average molecular weight is 195 g/mol. The molecule has 0 aliphatic carbocycles. The molecule has 0 aliphatic heterocycles. The van der Waals surface area contributed by atoms with E-state index >= 15 is 0 Å². The normalized spacial score (nSPS) is 14.1. The van der Waals surface area contributed by atoms with E-state index in [-0.39, 0.29) is 17.3 Å². The summed E-state index contributed by atoms with van der Waals surface area (Å²) in [6.07, 6.45) is 0. The number of nitrogens with two attached hydrogens (primary N) is 1. The van der Waals surface area contributed by atoms with Gasteiger partial charge in [0.1, 0.15) is 5.82 Å². The van der Waals surface area contributed by atoms with Crippen LogP contribution in [0.2, 0.25) is 0 Å². The number of rotatable bonds is 1. The Balaban J connectivity index is 3.08. The summed E-state index contributed by atoms with van der Waals surface area (Å²) < 4.78 is 13.6. The molecule has 2 N–H and O–H groups in total. The molecule has 1 aromatic rings. The van der Waals surface area contributed by atoms with Crippen molar-refractivity contribution in [1.29, 1.82) is 0 Å². The van der Waals surface area contributed by atoms with E-state index in [9.17, 15) is 4.39 Å². The van der Waals surface area contributed by atoms with Gasteiger partial charge < -0.3 is 5.73 Å². The van der Waals surface area contributed by atoms with Gasteiger partial charge in [-0.15, -0.1) is 0 Å². The summed E-state index contributed by atoms with van der Waals surface area (Å²) in [6.45, 7) is 7.90. The van der Waals surface area contributed by atoms with Crippen molar-refractivity contribution < 1.29 is 4.39 Å². The highest BCUT2D eigenvalue weighted by Crippen LogP contribution is 2.31. The first-order valence-electron chi connectivity index (χ1n) is 4.84. The zero-order chi connectivity index (χ0) is 10.9. The third-order valence-corrected chi connectivity index (χ3v) is 2.42. The average Bonchev–Trinajstić information content (AvgIpc) is 2.01. The van der Waals surface area contributed by atoms with Crippen molar-refractivity contribution >= 4 is 0 Å². The predicted molar refractivity (Wildman–Crippen MR) is 57.5 cm³/mol. The summed E-state index contributed by atoms with van der Waals surface area (Å²) in [4.78, 5) is 0. The van der Waals surface area contributed by atoms with Crippen LogP contribution in [-0.2, 0) is 0 Å². The van der Waals surface area contributed by atoms with Crippen LogP contribution in [0.1, 0.15) is 37.9 Å². The maximum absolute atomic E-state index is 13.6. The lowest BCUT2D eigenvalue weighted by Crippen LogP contribution is -2.27. The van der Waals surface area contributed by atoms with Crippen molar-refractivity contribution in [3.8, 4) is 0 Å². The molecule has 0 amide bonds. The van der Waals surface area contributed by atoms with E-state index in [2.05, 4.69) is 0 Å². The number of aryl methyl sites for hydroxylation is 1. The van der Waals surface area contributed by atoms with Crippen molar-refractivity contribution in [2.75, 3.05) is 0 Å². The fourth-order valence-electron chi connectivity index (χ4n) is 1.35. The fraction of sp³-hybridized carbons (Fsp3) is 0.500. The van der Waals surface area contributed by atoms with Gasteiger partial charge in [-0.1, -0.05) is 32.9 Å². The highest BCUT2D eigenvalue weighted by atomic mass is 19.1. The van der Waals surface area contributed by atoms with Crippen molar-refractivity contribution in [2.45, 2.75) is 33.7 Å². The molecule has 78 valence electrons. The van der Waals surface area contributed by atoms with Gasteiger partial charge in [0, 0.05) is 11.6 Å². The van der Waals surface area contributed by atoms with Crippen molar-refractivity contribution in [1.82, 2.24) is 0 Å². The van der Waals surface area contributed by atoms with Gasteiger partial charge in [-0.05, 0) is 24.0 Å². The first-order valence-corrected chi connectivity index (χ1v) is 4.84. The van der Waals surface area contributed by atoms with E-state index in [0.717, 1.165) is 5.56 Å². The maximum Gasteiger partial charge on any atom is 0.128 e. The molecular weight excluding hydrogens is 177 g/mol. The summed E-state index contributed by atoms with van der Waals surface area (Å²) in [5.74, 6) is -0.201. The lowest BCUT2D eigenvalue weighted by Gasteiger charge is -2.27. The van der Waals surface area contributed by atoms with Gasteiger partial charge in [-0.2, -0.15) is 0 Å². The zero-order valence-corrected chi connectivity index (χ0v) is 9.26. The molecule has 0 fully saturated rings. The van der Waals surface area contributed by atoms with Crippen LogP contribution in [0.5, 0.6) is 0 Å². The minimum Gasteiger partial charge on any atom is -0.323 e. The van der Waals surface area contributed by atoms with Crippen LogP contribution in [0.3, 0.4) is 0 Å². The molecule has 0 saturated carbocycles. The van der Waals surface area contributed by atoms with Gasteiger partial charge in [0.05, 0.1) is 0 Å². The van der Waals surface area contributed by atoms with E-state index < -0.39 is 0 Å². The van der Waals surface area contributed by atoms with Crippen LogP contribution in [0, 0.1) is 18.2 Å². The standard InChI is InChI=1S/C12H18FN/c1-8-5-6-9(10(13)7-8)11(14)12(2,3)4/h5-7,11H,14H2,1-4H3. The molecular formula is C12H18FN. The molecule has 1 atom stereocenters. The van der Waals surface area contributed by atoms with E-state index in [1.54, 1.807) is 6.07 Å². The third kappa shape index (κ3) is 2.32. The Labute approximate surface area is 85.1 Å². The molecule has 0 aliphatic rings. The minimum absolute atomic E-state index is 0.115. The first-order chi connectivity index (χ1) is 6.32. The van der Waals surface area contributed by atoms with Crippen molar-refractivity contribution in [2.24, 2.45) is 11.1 Å². The maximum atomic E-state index is 13.6. The van der Waals surface area contributed by atoms with Crippen LogP contribution in [0.15, 0.2) is 18.2 Å². The topological polar surface area (TPSA) is 26.0 Å². The number of hydrogen-bond donors (Lipinski definition) is 1. The molecule has 0 heterocycles. The van der Waals surface area contributed by atoms with Gasteiger partial charge >= 0.3 is 0 Å². The first kappa shape index (κ1) is 11.2. The lowest BCUT2D eigenvalue weighted by molar-refractivity contribution is 0.319. The predicted octanol–water partition coefficient (Wildman–Crippen LogP) is 3.18. The Bertz CT molecular complexity index is 326. The summed E-state index contributed by atoms with van der Waals surface area (Å²) >= 11 is 0. The number of halogens is 1. The molecule has 0 bridgehead atoms. The largest absolute Gasteiger partial charge is 0.323 e. The molecule has 0 aromatic heterocycles. The molecule has 0 saturated heterocycles. The second-order valence-electron chi connectivity index (χ2n) is 4.87.